The van der Waals surface area contributed by atoms with E-state index in [1.807, 2.05) is 24.3 Å². The maximum absolute atomic E-state index is 13.2. The smallest absolute Gasteiger partial charge is 0.343 e. The number of benzene rings is 2. The van der Waals surface area contributed by atoms with Gasteiger partial charge in [0.05, 0.1) is 18.6 Å². The third kappa shape index (κ3) is 4.47. The van der Waals surface area contributed by atoms with E-state index in [1.165, 1.54) is 29.9 Å². The largest absolute Gasteiger partial charge is 0.462 e. The van der Waals surface area contributed by atoms with E-state index in [2.05, 4.69) is 34.3 Å². The number of aliphatic hydroxyl groups is 1. The highest BCUT2D eigenvalue weighted by atomic mass is 16.5. The van der Waals surface area contributed by atoms with Crippen molar-refractivity contribution in [2.24, 2.45) is 0 Å². The SMILES string of the molecule is CCOC(=O)c1cn(-c2ccc3c(c2)CCCC3C)c2nc(Nc3cccc(CO)c3)ncc2c1=O. The summed E-state index contributed by atoms with van der Waals surface area (Å²) in [6.07, 6.45) is 6.22. The van der Waals surface area contributed by atoms with Crippen LogP contribution >= 0.6 is 0 Å². The van der Waals surface area contributed by atoms with Gasteiger partial charge in [0.25, 0.3) is 0 Å². The molecule has 4 aromatic rings. The number of anilines is 2. The number of ether oxygens (including phenoxy) is 1. The van der Waals surface area contributed by atoms with Crippen LogP contribution in [0.4, 0.5) is 11.6 Å². The second-order valence-corrected chi connectivity index (χ2v) is 9.05. The first-order chi connectivity index (χ1) is 17.5. The predicted octanol–water partition coefficient (Wildman–Crippen LogP) is 4.63. The molecule has 2 aromatic carbocycles. The Kier molecular flexibility index (Phi) is 6.52. The van der Waals surface area contributed by atoms with Crippen LogP contribution in [0.5, 0.6) is 0 Å². The molecule has 36 heavy (non-hydrogen) atoms. The third-order valence-electron chi connectivity index (χ3n) is 6.62. The molecule has 0 fully saturated rings. The Hall–Kier alpha value is -4.04. The minimum atomic E-state index is -0.673. The summed E-state index contributed by atoms with van der Waals surface area (Å²) in [7, 11) is 0. The molecular weight excluding hydrogens is 456 g/mol. The molecule has 0 spiro atoms. The summed E-state index contributed by atoms with van der Waals surface area (Å²) < 4.78 is 6.92. The fourth-order valence-corrected chi connectivity index (χ4v) is 4.79. The maximum Gasteiger partial charge on any atom is 0.343 e. The third-order valence-corrected chi connectivity index (χ3v) is 6.62. The number of hydrogen-bond donors (Lipinski definition) is 2. The number of fused-ring (bicyclic) bond motifs is 2. The van der Waals surface area contributed by atoms with Gasteiger partial charge in [0.15, 0.2) is 5.65 Å². The van der Waals surface area contributed by atoms with E-state index >= 15 is 0 Å². The van der Waals surface area contributed by atoms with Crippen LogP contribution < -0.4 is 10.7 Å². The topological polar surface area (TPSA) is 106 Å². The number of nitrogens with zero attached hydrogens (tertiary/aromatic N) is 3. The molecule has 0 aliphatic heterocycles. The Labute approximate surface area is 208 Å². The van der Waals surface area contributed by atoms with Crippen molar-refractivity contribution in [1.29, 1.82) is 0 Å². The molecule has 2 N–H and O–H groups in total. The van der Waals surface area contributed by atoms with Crippen LogP contribution in [0.2, 0.25) is 0 Å². The fourth-order valence-electron chi connectivity index (χ4n) is 4.79. The van der Waals surface area contributed by atoms with Crippen molar-refractivity contribution >= 4 is 28.6 Å². The molecule has 0 saturated heterocycles. The number of nitrogens with one attached hydrogen (secondary N) is 1. The summed E-state index contributed by atoms with van der Waals surface area (Å²) in [5.41, 5.74) is 4.72. The minimum Gasteiger partial charge on any atom is -0.462 e. The van der Waals surface area contributed by atoms with Gasteiger partial charge in [0.1, 0.15) is 5.56 Å². The highest BCUT2D eigenvalue weighted by Crippen LogP contribution is 2.33. The van der Waals surface area contributed by atoms with Crippen molar-refractivity contribution < 1.29 is 14.6 Å². The molecule has 2 aromatic heterocycles. The highest BCUT2D eigenvalue weighted by Gasteiger charge is 2.21. The quantitative estimate of drug-likeness (QED) is 0.384. The van der Waals surface area contributed by atoms with Gasteiger partial charge in [0.2, 0.25) is 11.4 Å². The van der Waals surface area contributed by atoms with Crippen LogP contribution in [-0.2, 0) is 17.8 Å². The number of carbonyl (C=O) groups excluding carboxylic acids is 1. The average Bonchev–Trinajstić information content (AvgIpc) is 2.89. The standard InChI is InChI=1S/C28H28N4O4/c1-3-36-27(35)24-15-32(21-10-11-22-17(2)6-4-8-19(22)13-21)26-23(25(24)34)14-29-28(31-26)30-20-9-5-7-18(12-20)16-33/h5,7,9-15,17,33H,3-4,6,8,16H2,1-2H3,(H,29,30,31). The van der Waals surface area contributed by atoms with Gasteiger partial charge in [-0.2, -0.15) is 4.98 Å². The molecule has 1 atom stereocenters. The lowest BCUT2D eigenvalue weighted by Gasteiger charge is -2.23. The Bertz CT molecular complexity index is 1510. The molecule has 184 valence electrons. The molecule has 0 bridgehead atoms. The number of esters is 1. The Morgan fingerprint density at radius 2 is 2.11 bits per heavy atom. The lowest BCUT2D eigenvalue weighted by atomic mass is 9.84. The van der Waals surface area contributed by atoms with E-state index in [9.17, 15) is 14.7 Å². The first-order valence-electron chi connectivity index (χ1n) is 12.2. The number of hydrogen-bond acceptors (Lipinski definition) is 7. The summed E-state index contributed by atoms with van der Waals surface area (Å²) in [6.45, 7) is 4.03. The molecule has 0 saturated carbocycles. The van der Waals surface area contributed by atoms with Gasteiger partial charge in [-0.05, 0) is 73.1 Å². The summed E-state index contributed by atoms with van der Waals surface area (Å²) in [6, 6.07) is 13.5. The fraction of sp³-hybridized carbons (Fsp3) is 0.286. The van der Waals surface area contributed by atoms with Gasteiger partial charge in [0, 0.05) is 23.8 Å². The van der Waals surface area contributed by atoms with Gasteiger partial charge in [-0.3, -0.25) is 4.79 Å². The molecule has 8 heteroatoms. The molecule has 0 radical (unpaired) electrons. The van der Waals surface area contributed by atoms with Crippen molar-refractivity contribution in [3.05, 3.63) is 87.3 Å². The molecular formula is C28H28N4O4. The monoisotopic (exact) mass is 484 g/mol. The molecule has 0 amide bonds. The van der Waals surface area contributed by atoms with Crippen molar-refractivity contribution in [2.45, 2.75) is 45.6 Å². The number of aromatic nitrogens is 3. The molecule has 1 unspecified atom stereocenters. The number of carbonyl (C=O) groups is 1. The van der Waals surface area contributed by atoms with Gasteiger partial charge in [-0.1, -0.05) is 25.1 Å². The zero-order valence-corrected chi connectivity index (χ0v) is 20.3. The van der Waals surface area contributed by atoms with Crippen molar-refractivity contribution in [3.8, 4) is 5.69 Å². The van der Waals surface area contributed by atoms with Crippen LogP contribution in [0.25, 0.3) is 16.7 Å². The maximum atomic E-state index is 13.2. The summed E-state index contributed by atoms with van der Waals surface area (Å²) in [4.78, 5) is 34.8. The first-order valence-corrected chi connectivity index (χ1v) is 12.2. The normalized spacial score (nSPS) is 14.9. The van der Waals surface area contributed by atoms with Crippen LogP contribution in [0.3, 0.4) is 0 Å². The van der Waals surface area contributed by atoms with Crippen molar-refractivity contribution in [2.75, 3.05) is 11.9 Å². The van der Waals surface area contributed by atoms with E-state index in [4.69, 9.17) is 4.74 Å². The van der Waals surface area contributed by atoms with Crippen LogP contribution in [0.1, 0.15) is 59.7 Å². The number of rotatable bonds is 6. The Balaban J connectivity index is 1.67. The number of pyridine rings is 1. The summed E-state index contributed by atoms with van der Waals surface area (Å²) in [5, 5.41) is 12.8. The molecule has 1 aliphatic carbocycles. The van der Waals surface area contributed by atoms with Crippen LogP contribution in [0, 0.1) is 0 Å². The Morgan fingerprint density at radius 1 is 1.25 bits per heavy atom. The van der Waals surface area contributed by atoms with Crippen LogP contribution in [0.15, 0.2) is 59.7 Å². The lowest BCUT2D eigenvalue weighted by molar-refractivity contribution is 0.0524. The van der Waals surface area contributed by atoms with Gasteiger partial charge in [-0.15, -0.1) is 0 Å². The van der Waals surface area contributed by atoms with E-state index in [1.54, 1.807) is 17.6 Å². The zero-order chi connectivity index (χ0) is 25.2. The van der Waals surface area contributed by atoms with Crippen LogP contribution in [-0.4, -0.2) is 32.2 Å². The van der Waals surface area contributed by atoms with Gasteiger partial charge < -0.3 is 19.7 Å². The number of aryl methyl sites for hydroxylation is 1. The first kappa shape index (κ1) is 23.7. The predicted molar refractivity (Wildman–Crippen MR) is 138 cm³/mol. The molecule has 8 nitrogen and oxygen atoms in total. The van der Waals surface area contributed by atoms with Crippen molar-refractivity contribution in [3.63, 3.8) is 0 Å². The second kappa shape index (κ2) is 9.91. The summed E-state index contributed by atoms with van der Waals surface area (Å²) >= 11 is 0. The minimum absolute atomic E-state index is 0.0598. The van der Waals surface area contributed by atoms with E-state index in [0.717, 1.165) is 24.1 Å². The van der Waals surface area contributed by atoms with E-state index in [0.29, 0.717) is 23.2 Å². The van der Waals surface area contributed by atoms with E-state index in [-0.39, 0.29) is 24.2 Å². The highest BCUT2D eigenvalue weighted by molar-refractivity contribution is 5.93. The molecule has 1 aliphatic rings. The number of aliphatic hydroxyl groups excluding tert-OH is 1. The molecule has 2 heterocycles. The zero-order valence-electron chi connectivity index (χ0n) is 20.3. The average molecular weight is 485 g/mol. The molecule has 5 rings (SSSR count). The van der Waals surface area contributed by atoms with Gasteiger partial charge >= 0.3 is 5.97 Å². The second-order valence-electron chi connectivity index (χ2n) is 9.05. The Morgan fingerprint density at radius 3 is 2.92 bits per heavy atom. The summed E-state index contributed by atoms with van der Waals surface area (Å²) in [5.74, 6) is 0.116. The van der Waals surface area contributed by atoms with Gasteiger partial charge in [-0.25, -0.2) is 9.78 Å². The lowest BCUT2D eigenvalue weighted by Crippen LogP contribution is -2.21. The van der Waals surface area contributed by atoms with Crippen molar-refractivity contribution in [1.82, 2.24) is 14.5 Å². The van der Waals surface area contributed by atoms with E-state index < -0.39 is 11.4 Å².